The van der Waals surface area contributed by atoms with Gasteiger partial charge in [-0.05, 0) is 29.2 Å². The molecule has 2 amide bonds. The SMILES string of the molecule is CCOC(CNC(=O)c1nc(NC(=O)OCC2c3ccccc3-c3ccccc32)n[nH]1)CC(=O)O. The maximum atomic E-state index is 12.4. The van der Waals surface area contributed by atoms with Crippen molar-refractivity contribution in [2.75, 3.05) is 25.1 Å². The number of hydrogen-bond donors (Lipinski definition) is 4. The molecule has 1 aliphatic carbocycles. The molecule has 0 saturated heterocycles. The summed E-state index contributed by atoms with van der Waals surface area (Å²) >= 11 is 0. The zero-order valence-electron chi connectivity index (χ0n) is 19.0. The third-order valence-corrected chi connectivity index (χ3v) is 5.55. The number of ether oxygens (including phenoxy) is 2. The molecule has 1 aliphatic rings. The number of carboxylic acid groups (broad SMARTS) is 1. The van der Waals surface area contributed by atoms with E-state index in [1.807, 2.05) is 48.5 Å². The van der Waals surface area contributed by atoms with Gasteiger partial charge in [0.1, 0.15) is 6.61 Å². The monoisotopic (exact) mass is 479 g/mol. The number of aliphatic carboxylic acids is 1. The van der Waals surface area contributed by atoms with Crippen LogP contribution in [0.4, 0.5) is 10.7 Å². The van der Waals surface area contributed by atoms with E-state index in [9.17, 15) is 14.4 Å². The van der Waals surface area contributed by atoms with Crippen LogP contribution in [0.25, 0.3) is 11.1 Å². The normalized spacial score (nSPS) is 12.9. The summed E-state index contributed by atoms with van der Waals surface area (Å²) in [6.45, 7) is 2.15. The Hall–Kier alpha value is -4.25. The smallest absolute Gasteiger partial charge is 0.414 e. The van der Waals surface area contributed by atoms with Crippen LogP contribution in [0.3, 0.4) is 0 Å². The number of carbonyl (C=O) groups is 3. The second kappa shape index (κ2) is 10.8. The Morgan fingerprint density at radius 2 is 1.74 bits per heavy atom. The Morgan fingerprint density at radius 1 is 1.09 bits per heavy atom. The first-order valence-electron chi connectivity index (χ1n) is 11.1. The van der Waals surface area contributed by atoms with Gasteiger partial charge in [0.25, 0.3) is 11.9 Å². The molecule has 1 unspecified atom stereocenters. The van der Waals surface area contributed by atoms with Crippen molar-refractivity contribution in [3.8, 4) is 11.1 Å². The van der Waals surface area contributed by atoms with E-state index in [1.54, 1.807) is 6.92 Å². The molecule has 11 heteroatoms. The molecule has 0 spiro atoms. The van der Waals surface area contributed by atoms with Crippen molar-refractivity contribution in [1.82, 2.24) is 20.5 Å². The minimum Gasteiger partial charge on any atom is -0.481 e. The zero-order chi connectivity index (χ0) is 24.8. The molecule has 35 heavy (non-hydrogen) atoms. The number of hydrogen-bond acceptors (Lipinski definition) is 7. The van der Waals surface area contributed by atoms with Crippen molar-refractivity contribution in [3.63, 3.8) is 0 Å². The van der Waals surface area contributed by atoms with Crippen LogP contribution in [0.5, 0.6) is 0 Å². The van der Waals surface area contributed by atoms with Crippen molar-refractivity contribution < 1.29 is 29.0 Å². The average molecular weight is 479 g/mol. The van der Waals surface area contributed by atoms with Crippen LogP contribution in [-0.4, -0.2) is 64.1 Å². The van der Waals surface area contributed by atoms with Crippen LogP contribution >= 0.6 is 0 Å². The molecule has 182 valence electrons. The van der Waals surface area contributed by atoms with Crippen LogP contribution in [0.1, 0.15) is 41.0 Å². The second-order valence-corrected chi connectivity index (χ2v) is 7.84. The van der Waals surface area contributed by atoms with Gasteiger partial charge in [0.05, 0.1) is 12.5 Å². The molecular weight excluding hydrogens is 454 g/mol. The summed E-state index contributed by atoms with van der Waals surface area (Å²) in [6.07, 6.45) is -1.68. The second-order valence-electron chi connectivity index (χ2n) is 7.84. The first-order chi connectivity index (χ1) is 17.0. The maximum absolute atomic E-state index is 12.4. The van der Waals surface area contributed by atoms with Crippen LogP contribution in [0, 0.1) is 0 Å². The lowest BCUT2D eigenvalue weighted by molar-refractivity contribution is -0.140. The Morgan fingerprint density at radius 3 is 2.37 bits per heavy atom. The first kappa shape index (κ1) is 23.9. The number of anilines is 1. The van der Waals surface area contributed by atoms with Crippen LogP contribution in [0.15, 0.2) is 48.5 Å². The lowest BCUT2D eigenvalue weighted by Crippen LogP contribution is -2.35. The summed E-state index contributed by atoms with van der Waals surface area (Å²) in [6, 6.07) is 16.0. The van der Waals surface area contributed by atoms with Gasteiger partial charge in [-0.1, -0.05) is 48.5 Å². The van der Waals surface area contributed by atoms with Gasteiger partial charge >= 0.3 is 12.1 Å². The minimum absolute atomic E-state index is 0.0190. The number of carboxylic acids is 1. The highest BCUT2D eigenvalue weighted by molar-refractivity contribution is 5.91. The third-order valence-electron chi connectivity index (χ3n) is 5.55. The number of nitrogens with one attached hydrogen (secondary N) is 3. The highest BCUT2D eigenvalue weighted by Gasteiger charge is 2.29. The third kappa shape index (κ3) is 5.64. The number of nitrogens with zero attached hydrogens (tertiary/aromatic N) is 2. The van der Waals surface area contributed by atoms with Gasteiger partial charge in [0, 0.05) is 19.1 Å². The van der Waals surface area contributed by atoms with Gasteiger partial charge in [-0.25, -0.2) is 4.79 Å². The summed E-state index contributed by atoms with van der Waals surface area (Å²) in [5.41, 5.74) is 4.42. The molecule has 0 fully saturated rings. The van der Waals surface area contributed by atoms with Crippen molar-refractivity contribution in [2.24, 2.45) is 0 Å². The van der Waals surface area contributed by atoms with Crippen molar-refractivity contribution in [1.29, 1.82) is 0 Å². The summed E-state index contributed by atoms with van der Waals surface area (Å²) in [5.74, 6) is -2.02. The van der Waals surface area contributed by atoms with E-state index in [-0.39, 0.29) is 37.3 Å². The molecule has 1 heterocycles. The van der Waals surface area contributed by atoms with Crippen molar-refractivity contribution in [2.45, 2.75) is 25.4 Å². The quantitative estimate of drug-likeness (QED) is 0.346. The Bertz CT molecular complexity index is 1180. The Balaban J connectivity index is 1.31. The lowest BCUT2D eigenvalue weighted by atomic mass is 9.98. The fourth-order valence-electron chi connectivity index (χ4n) is 4.06. The van der Waals surface area contributed by atoms with Crippen molar-refractivity contribution in [3.05, 3.63) is 65.5 Å². The van der Waals surface area contributed by atoms with Crippen LogP contribution in [-0.2, 0) is 14.3 Å². The van der Waals surface area contributed by atoms with E-state index in [0.717, 1.165) is 22.3 Å². The van der Waals surface area contributed by atoms with Gasteiger partial charge in [-0.2, -0.15) is 4.98 Å². The van der Waals surface area contributed by atoms with E-state index in [2.05, 4.69) is 25.8 Å². The predicted octanol–water partition coefficient (Wildman–Crippen LogP) is 2.78. The molecule has 4 rings (SSSR count). The average Bonchev–Trinajstić information content (AvgIpc) is 3.43. The number of aromatic amines is 1. The van der Waals surface area contributed by atoms with E-state index in [0.29, 0.717) is 6.61 Å². The van der Waals surface area contributed by atoms with Crippen LogP contribution in [0.2, 0.25) is 0 Å². The van der Waals surface area contributed by atoms with Crippen molar-refractivity contribution >= 4 is 23.9 Å². The number of aromatic nitrogens is 3. The number of fused-ring (bicyclic) bond motifs is 3. The van der Waals surface area contributed by atoms with E-state index in [1.165, 1.54) is 0 Å². The highest BCUT2D eigenvalue weighted by atomic mass is 16.5. The maximum Gasteiger partial charge on any atom is 0.414 e. The van der Waals surface area contributed by atoms with E-state index >= 15 is 0 Å². The topological polar surface area (TPSA) is 156 Å². The Labute approximate surface area is 200 Å². The standard InChI is InChI=1S/C24H25N5O6/c1-2-34-14(11-20(30)31)12-25-22(32)21-26-23(29-28-21)27-24(33)35-13-19-17-9-5-3-7-15(17)16-8-4-6-10-18(16)19/h3-10,14,19H,2,11-13H2,1H3,(H,25,32)(H,30,31)(H2,26,27,28,29,33). The zero-order valence-corrected chi connectivity index (χ0v) is 19.0. The lowest BCUT2D eigenvalue weighted by Gasteiger charge is -2.15. The molecule has 0 radical (unpaired) electrons. The van der Waals surface area contributed by atoms with Gasteiger partial charge in [0.15, 0.2) is 0 Å². The molecule has 4 N–H and O–H groups in total. The summed E-state index contributed by atoms with van der Waals surface area (Å²) in [5, 5.41) is 20.1. The molecule has 11 nitrogen and oxygen atoms in total. The summed E-state index contributed by atoms with van der Waals surface area (Å²) in [4.78, 5) is 39.5. The number of H-pyrrole nitrogens is 1. The molecule has 0 saturated carbocycles. The van der Waals surface area contributed by atoms with Gasteiger partial charge in [-0.15, -0.1) is 5.10 Å². The molecule has 0 aliphatic heterocycles. The molecule has 1 aromatic heterocycles. The van der Waals surface area contributed by atoms with Gasteiger partial charge < -0.3 is 19.9 Å². The molecule has 2 aromatic carbocycles. The molecule has 1 atom stereocenters. The first-order valence-corrected chi connectivity index (χ1v) is 11.1. The Kier molecular flexibility index (Phi) is 7.36. The minimum atomic E-state index is -1.04. The number of carbonyl (C=O) groups excluding carboxylic acids is 2. The van der Waals surface area contributed by atoms with Gasteiger partial charge in [-0.3, -0.25) is 20.0 Å². The summed E-state index contributed by atoms with van der Waals surface area (Å²) in [7, 11) is 0. The van der Waals surface area contributed by atoms with E-state index < -0.39 is 24.1 Å². The van der Waals surface area contributed by atoms with E-state index in [4.69, 9.17) is 14.6 Å². The largest absolute Gasteiger partial charge is 0.481 e. The predicted molar refractivity (Wildman–Crippen MR) is 125 cm³/mol. The fourth-order valence-corrected chi connectivity index (χ4v) is 4.06. The van der Waals surface area contributed by atoms with Gasteiger partial charge in [0.2, 0.25) is 5.82 Å². The molecule has 0 bridgehead atoms. The number of rotatable bonds is 10. The molecule has 3 aromatic rings. The fraction of sp³-hybridized carbons (Fsp3) is 0.292. The molecular formula is C24H25N5O6. The van der Waals surface area contributed by atoms with Crippen LogP contribution < -0.4 is 10.6 Å². The number of amides is 2. The summed E-state index contributed by atoms with van der Waals surface area (Å²) < 4.78 is 10.7. The number of benzene rings is 2. The highest BCUT2D eigenvalue weighted by Crippen LogP contribution is 2.44.